The average Bonchev–Trinajstić information content (AvgIpc) is 2.30. The van der Waals surface area contributed by atoms with Crippen molar-refractivity contribution in [1.29, 1.82) is 0 Å². The summed E-state index contributed by atoms with van der Waals surface area (Å²) in [6.07, 6.45) is 5.85. The van der Waals surface area contributed by atoms with E-state index in [1.54, 1.807) is 12.4 Å². The second-order valence-electron chi connectivity index (χ2n) is 3.40. The highest BCUT2D eigenvalue weighted by atomic mass is 79.9. The molecule has 0 radical (unpaired) electrons. The smallest absolute Gasteiger partial charge is 0.225 e. The molecular weight excluding hydrogens is 254 g/mol. The number of aromatic nitrogens is 2. The summed E-state index contributed by atoms with van der Waals surface area (Å²) in [5, 5.41) is 0.946. The minimum atomic E-state index is 0.532. The van der Waals surface area contributed by atoms with Crippen molar-refractivity contribution in [2.45, 2.75) is 32.7 Å². The van der Waals surface area contributed by atoms with Crippen molar-refractivity contribution in [1.82, 2.24) is 9.97 Å². The molecule has 15 heavy (non-hydrogen) atoms. The molecule has 0 amide bonds. The first-order chi connectivity index (χ1) is 7.33. The lowest BCUT2D eigenvalue weighted by Crippen LogP contribution is -2.37. The molecule has 1 rings (SSSR count). The minimum Gasteiger partial charge on any atom is -0.337 e. The van der Waals surface area contributed by atoms with Gasteiger partial charge in [-0.1, -0.05) is 29.8 Å². The monoisotopic (exact) mass is 271 g/mol. The number of nitrogens with zero attached hydrogens (tertiary/aromatic N) is 3. The van der Waals surface area contributed by atoms with Crippen LogP contribution in [-0.2, 0) is 0 Å². The van der Waals surface area contributed by atoms with E-state index < -0.39 is 0 Å². The van der Waals surface area contributed by atoms with E-state index in [0.29, 0.717) is 6.04 Å². The maximum Gasteiger partial charge on any atom is 0.225 e. The van der Waals surface area contributed by atoms with Crippen LogP contribution in [0, 0.1) is 0 Å². The van der Waals surface area contributed by atoms with Gasteiger partial charge in [0.05, 0.1) is 0 Å². The zero-order chi connectivity index (χ0) is 11.1. The first kappa shape index (κ1) is 12.4. The third-order valence-electron chi connectivity index (χ3n) is 2.52. The highest BCUT2D eigenvalue weighted by Crippen LogP contribution is 2.15. The van der Waals surface area contributed by atoms with Gasteiger partial charge < -0.3 is 4.90 Å². The molecule has 0 fully saturated rings. The first-order valence-electron chi connectivity index (χ1n) is 5.43. The fourth-order valence-electron chi connectivity index (χ4n) is 1.71. The summed E-state index contributed by atoms with van der Waals surface area (Å²) in [7, 11) is 0. The third-order valence-corrected chi connectivity index (χ3v) is 2.87. The maximum absolute atomic E-state index is 4.31. The molecule has 0 aromatic carbocycles. The van der Waals surface area contributed by atoms with Crippen molar-refractivity contribution in [3.63, 3.8) is 0 Å². The van der Waals surface area contributed by atoms with E-state index in [0.717, 1.165) is 30.7 Å². The second kappa shape index (κ2) is 6.77. The second-order valence-corrected chi connectivity index (χ2v) is 4.19. The summed E-state index contributed by atoms with van der Waals surface area (Å²) in [6, 6.07) is 2.38. The van der Waals surface area contributed by atoms with Gasteiger partial charge in [0.15, 0.2) is 0 Å². The number of hydrogen-bond donors (Lipinski definition) is 0. The van der Waals surface area contributed by atoms with Gasteiger partial charge in [-0.15, -0.1) is 0 Å². The molecule has 0 bridgehead atoms. The Bertz CT molecular complexity index is 262. The quantitative estimate of drug-likeness (QED) is 0.746. The number of rotatable bonds is 6. The summed E-state index contributed by atoms with van der Waals surface area (Å²) < 4.78 is 0. The molecule has 0 aliphatic rings. The lowest BCUT2D eigenvalue weighted by atomic mass is 10.1. The maximum atomic E-state index is 4.31. The zero-order valence-electron chi connectivity index (χ0n) is 9.36. The topological polar surface area (TPSA) is 29.0 Å². The average molecular weight is 272 g/mol. The summed E-state index contributed by atoms with van der Waals surface area (Å²) in [5.41, 5.74) is 0. The van der Waals surface area contributed by atoms with Gasteiger partial charge in [0.25, 0.3) is 0 Å². The molecule has 1 aromatic heterocycles. The molecule has 3 nitrogen and oxygen atoms in total. The Balaban J connectivity index is 2.81. The normalized spacial score (nSPS) is 10.7. The fraction of sp³-hybridized carbons (Fsp3) is 0.636. The molecule has 4 heteroatoms. The van der Waals surface area contributed by atoms with Crippen molar-refractivity contribution in [3.05, 3.63) is 18.5 Å². The lowest BCUT2D eigenvalue weighted by Gasteiger charge is -2.29. The molecule has 0 aliphatic heterocycles. The van der Waals surface area contributed by atoms with Crippen molar-refractivity contribution in [2.24, 2.45) is 0 Å². The number of halogens is 1. The van der Waals surface area contributed by atoms with Crippen molar-refractivity contribution in [2.75, 3.05) is 16.8 Å². The third kappa shape index (κ3) is 3.45. The van der Waals surface area contributed by atoms with Crippen LogP contribution in [0.3, 0.4) is 0 Å². The molecular formula is C11H18BrN3. The summed E-state index contributed by atoms with van der Waals surface area (Å²) in [5.74, 6) is 0.839. The van der Waals surface area contributed by atoms with Gasteiger partial charge in [0.1, 0.15) is 0 Å². The number of alkyl halides is 1. The van der Waals surface area contributed by atoms with Gasteiger partial charge in [0.2, 0.25) is 5.95 Å². The Morgan fingerprint density at radius 2 is 1.87 bits per heavy atom. The Kier molecular flexibility index (Phi) is 5.61. The molecule has 0 unspecified atom stereocenters. The molecule has 0 saturated carbocycles. The van der Waals surface area contributed by atoms with Crippen molar-refractivity contribution in [3.8, 4) is 0 Å². The fourth-order valence-corrected chi connectivity index (χ4v) is 2.09. The summed E-state index contributed by atoms with van der Waals surface area (Å²) >= 11 is 3.48. The zero-order valence-corrected chi connectivity index (χ0v) is 10.9. The Hall–Kier alpha value is -0.640. The van der Waals surface area contributed by atoms with Gasteiger partial charge in [-0.25, -0.2) is 9.97 Å². The molecule has 0 saturated heterocycles. The van der Waals surface area contributed by atoms with Crippen LogP contribution < -0.4 is 4.90 Å². The minimum absolute atomic E-state index is 0.532. The van der Waals surface area contributed by atoms with Crippen molar-refractivity contribution >= 4 is 21.9 Å². The van der Waals surface area contributed by atoms with E-state index in [2.05, 4.69) is 44.6 Å². The Labute approximate surface area is 100 Å². The van der Waals surface area contributed by atoms with Gasteiger partial charge >= 0.3 is 0 Å². The molecule has 1 heterocycles. The van der Waals surface area contributed by atoms with E-state index >= 15 is 0 Å². The van der Waals surface area contributed by atoms with Crippen LogP contribution in [-0.4, -0.2) is 27.9 Å². The summed E-state index contributed by atoms with van der Waals surface area (Å²) in [6.45, 7) is 5.37. The molecule has 0 atom stereocenters. The van der Waals surface area contributed by atoms with Crippen LogP contribution in [0.5, 0.6) is 0 Å². The van der Waals surface area contributed by atoms with Crippen LogP contribution in [0.2, 0.25) is 0 Å². The highest BCUT2D eigenvalue weighted by molar-refractivity contribution is 9.09. The predicted octanol–water partition coefficient (Wildman–Crippen LogP) is 2.87. The molecule has 0 aliphatic carbocycles. The van der Waals surface area contributed by atoms with E-state index in [1.165, 1.54) is 0 Å². The Morgan fingerprint density at radius 3 is 2.33 bits per heavy atom. The SMILES string of the molecule is CCC(CC)N(CCBr)c1ncccn1. The van der Waals surface area contributed by atoms with E-state index in [-0.39, 0.29) is 0 Å². The van der Waals surface area contributed by atoms with Crippen LogP contribution in [0.25, 0.3) is 0 Å². The standard InChI is InChI=1S/C11H18BrN3/c1-3-10(4-2)15(9-6-12)11-13-7-5-8-14-11/h5,7-8,10H,3-4,6,9H2,1-2H3. The molecule has 0 spiro atoms. The van der Waals surface area contributed by atoms with E-state index in [9.17, 15) is 0 Å². The van der Waals surface area contributed by atoms with Gasteiger partial charge in [-0.05, 0) is 18.9 Å². The molecule has 0 N–H and O–H groups in total. The largest absolute Gasteiger partial charge is 0.337 e. The van der Waals surface area contributed by atoms with Crippen LogP contribution in [0.1, 0.15) is 26.7 Å². The van der Waals surface area contributed by atoms with E-state index in [4.69, 9.17) is 0 Å². The molecule has 84 valence electrons. The van der Waals surface area contributed by atoms with Gasteiger partial charge in [-0.3, -0.25) is 0 Å². The lowest BCUT2D eigenvalue weighted by molar-refractivity contribution is 0.558. The number of hydrogen-bond acceptors (Lipinski definition) is 3. The predicted molar refractivity (Wildman–Crippen MR) is 67.5 cm³/mol. The first-order valence-corrected chi connectivity index (χ1v) is 6.55. The Morgan fingerprint density at radius 1 is 1.27 bits per heavy atom. The molecule has 1 aromatic rings. The van der Waals surface area contributed by atoms with Crippen molar-refractivity contribution < 1.29 is 0 Å². The van der Waals surface area contributed by atoms with Gasteiger partial charge in [-0.2, -0.15) is 0 Å². The number of anilines is 1. The van der Waals surface area contributed by atoms with E-state index in [1.807, 2.05) is 6.07 Å². The van der Waals surface area contributed by atoms with Crippen LogP contribution in [0.15, 0.2) is 18.5 Å². The van der Waals surface area contributed by atoms with Crippen LogP contribution >= 0.6 is 15.9 Å². The summed E-state index contributed by atoms with van der Waals surface area (Å²) in [4.78, 5) is 10.9. The van der Waals surface area contributed by atoms with Crippen LogP contribution in [0.4, 0.5) is 5.95 Å². The van der Waals surface area contributed by atoms with Gasteiger partial charge in [0, 0.05) is 30.3 Å². The highest BCUT2D eigenvalue weighted by Gasteiger charge is 2.16.